The van der Waals surface area contributed by atoms with Crippen LogP contribution >= 0.6 is 0 Å². The number of furan rings is 1. The summed E-state index contributed by atoms with van der Waals surface area (Å²) in [6.45, 7) is 4.06. The van der Waals surface area contributed by atoms with E-state index in [-0.39, 0.29) is 5.82 Å². The van der Waals surface area contributed by atoms with Gasteiger partial charge in [0.25, 0.3) is 0 Å². The van der Waals surface area contributed by atoms with E-state index < -0.39 is 0 Å². The summed E-state index contributed by atoms with van der Waals surface area (Å²) in [4.78, 5) is 4.50. The van der Waals surface area contributed by atoms with Crippen LogP contribution < -0.4 is 10.6 Å². The van der Waals surface area contributed by atoms with Crippen LogP contribution in [0.4, 0.5) is 4.39 Å². The van der Waals surface area contributed by atoms with E-state index in [0.29, 0.717) is 37.8 Å². The van der Waals surface area contributed by atoms with Gasteiger partial charge in [0.05, 0.1) is 19.4 Å². The molecule has 2 rings (SSSR count). The molecule has 1 heterocycles. The van der Waals surface area contributed by atoms with E-state index in [4.69, 9.17) is 9.15 Å². The number of benzene rings is 1. The Morgan fingerprint density at radius 2 is 2.08 bits per heavy atom. The van der Waals surface area contributed by atoms with Gasteiger partial charge in [0.2, 0.25) is 0 Å². The number of rotatable bonds is 8. The Kier molecular flexibility index (Phi) is 7.29. The first kappa shape index (κ1) is 18.0. The van der Waals surface area contributed by atoms with Gasteiger partial charge in [-0.1, -0.05) is 12.1 Å². The lowest BCUT2D eigenvalue weighted by molar-refractivity contribution is 0.203. The van der Waals surface area contributed by atoms with Gasteiger partial charge >= 0.3 is 0 Å². The average molecular weight is 333 g/mol. The van der Waals surface area contributed by atoms with Crippen LogP contribution in [0.2, 0.25) is 0 Å². The number of nitrogens with zero attached hydrogens (tertiary/aromatic N) is 1. The molecular formula is C18H24FN3O2. The van der Waals surface area contributed by atoms with Crippen LogP contribution in [-0.2, 0) is 17.7 Å². The van der Waals surface area contributed by atoms with Crippen molar-refractivity contribution in [2.45, 2.75) is 19.9 Å². The summed E-state index contributed by atoms with van der Waals surface area (Å²) in [6, 6.07) is 8.98. The zero-order valence-electron chi connectivity index (χ0n) is 14.1. The first-order valence-electron chi connectivity index (χ1n) is 7.97. The minimum Gasteiger partial charge on any atom is -0.469 e. The fraction of sp³-hybridized carbons (Fsp3) is 0.389. The van der Waals surface area contributed by atoms with Gasteiger partial charge in [-0.2, -0.15) is 0 Å². The summed E-state index contributed by atoms with van der Waals surface area (Å²) in [5.74, 6) is 1.38. The second-order valence-electron chi connectivity index (χ2n) is 5.42. The van der Waals surface area contributed by atoms with Gasteiger partial charge in [-0.25, -0.2) is 9.38 Å². The number of methoxy groups -OCH3 is 1. The highest BCUT2D eigenvalue weighted by molar-refractivity contribution is 5.79. The highest BCUT2D eigenvalue weighted by atomic mass is 19.1. The van der Waals surface area contributed by atoms with Crippen LogP contribution in [0, 0.1) is 12.7 Å². The van der Waals surface area contributed by atoms with Crippen molar-refractivity contribution in [3.63, 3.8) is 0 Å². The third kappa shape index (κ3) is 6.04. The molecule has 0 aliphatic rings. The molecule has 0 saturated heterocycles. The largest absolute Gasteiger partial charge is 0.469 e. The van der Waals surface area contributed by atoms with E-state index in [1.807, 2.05) is 18.2 Å². The van der Waals surface area contributed by atoms with Crippen LogP contribution in [0.3, 0.4) is 0 Å². The summed E-state index contributed by atoms with van der Waals surface area (Å²) >= 11 is 0. The minimum atomic E-state index is -0.206. The molecule has 0 aliphatic heterocycles. The Hall–Kier alpha value is -2.34. The number of hydrogen-bond acceptors (Lipinski definition) is 3. The highest BCUT2D eigenvalue weighted by Gasteiger charge is 2.02. The van der Waals surface area contributed by atoms with Crippen molar-refractivity contribution in [2.24, 2.45) is 4.99 Å². The van der Waals surface area contributed by atoms with Crippen molar-refractivity contribution in [3.8, 4) is 0 Å². The fourth-order valence-electron chi connectivity index (χ4n) is 2.11. The molecule has 24 heavy (non-hydrogen) atoms. The highest BCUT2D eigenvalue weighted by Crippen LogP contribution is 2.10. The molecular weight excluding hydrogens is 309 g/mol. The lowest BCUT2D eigenvalue weighted by Gasteiger charge is -2.12. The molecule has 0 radical (unpaired) electrons. The second kappa shape index (κ2) is 9.72. The predicted octanol–water partition coefficient (Wildman–Crippen LogP) is 2.65. The van der Waals surface area contributed by atoms with Gasteiger partial charge in [-0.15, -0.1) is 0 Å². The van der Waals surface area contributed by atoms with Crippen LogP contribution in [0.25, 0.3) is 0 Å². The maximum Gasteiger partial charge on any atom is 0.191 e. The summed E-state index contributed by atoms with van der Waals surface area (Å²) in [7, 11) is 1.65. The Balaban J connectivity index is 1.91. The van der Waals surface area contributed by atoms with E-state index in [1.165, 1.54) is 6.07 Å². The quantitative estimate of drug-likeness (QED) is 0.443. The fourth-order valence-corrected chi connectivity index (χ4v) is 2.11. The van der Waals surface area contributed by atoms with Crippen molar-refractivity contribution < 1.29 is 13.5 Å². The number of halogens is 1. The van der Waals surface area contributed by atoms with E-state index in [0.717, 1.165) is 17.7 Å². The van der Waals surface area contributed by atoms with Crippen LogP contribution in [-0.4, -0.2) is 32.8 Å². The molecule has 0 bridgehead atoms. The van der Waals surface area contributed by atoms with Crippen molar-refractivity contribution in [3.05, 3.63) is 59.3 Å². The third-order valence-corrected chi connectivity index (χ3v) is 3.50. The summed E-state index contributed by atoms with van der Waals surface area (Å²) in [5, 5.41) is 6.43. The number of aliphatic imine (C=N–C) groups is 1. The molecule has 130 valence electrons. The van der Waals surface area contributed by atoms with Gasteiger partial charge in [0.15, 0.2) is 5.96 Å². The topological polar surface area (TPSA) is 58.8 Å². The lowest BCUT2D eigenvalue weighted by atomic mass is 10.1. The van der Waals surface area contributed by atoms with Crippen molar-refractivity contribution >= 4 is 5.96 Å². The summed E-state index contributed by atoms with van der Waals surface area (Å²) in [6.07, 6.45) is 2.42. The number of guanidine groups is 1. The van der Waals surface area contributed by atoms with E-state index in [2.05, 4.69) is 15.6 Å². The smallest absolute Gasteiger partial charge is 0.191 e. The van der Waals surface area contributed by atoms with Crippen molar-refractivity contribution in [1.29, 1.82) is 0 Å². The normalized spacial score (nSPS) is 11.5. The summed E-state index contributed by atoms with van der Waals surface area (Å²) < 4.78 is 23.9. The molecule has 5 nitrogen and oxygen atoms in total. The number of aryl methyl sites for hydroxylation is 1. The minimum absolute atomic E-state index is 0.206. The monoisotopic (exact) mass is 333 g/mol. The molecule has 0 unspecified atom stereocenters. The molecule has 2 aromatic rings. The number of nitrogens with one attached hydrogen (secondary N) is 2. The van der Waals surface area contributed by atoms with E-state index in [1.54, 1.807) is 26.4 Å². The van der Waals surface area contributed by atoms with Crippen molar-refractivity contribution in [1.82, 2.24) is 10.6 Å². The molecule has 0 spiro atoms. The van der Waals surface area contributed by atoms with Gasteiger partial charge < -0.3 is 19.8 Å². The number of ether oxygens (including phenoxy) is 1. The average Bonchev–Trinajstić information content (AvgIpc) is 3.09. The molecule has 0 fully saturated rings. The Labute approximate surface area is 141 Å². The SMILES string of the molecule is COCCNC(=NCc1ccc(C)c(F)c1)NCCc1ccco1. The standard InChI is InChI=1S/C18H24FN3O2/c1-14-5-6-15(12-17(14)19)13-22-18(21-9-11-23-2)20-8-7-16-4-3-10-24-16/h3-6,10,12H,7-9,11,13H2,1-2H3,(H2,20,21,22). The zero-order chi connectivity index (χ0) is 17.2. The van der Waals surface area contributed by atoms with Gasteiger partial charge in [-0.05, 0) is 36.2 Å². The Bertz CT molecular complexity index is 642. The maximum atomic E-state index is 13.6. The first-order valence-corrected chi connectivity index (χ1v) is 7.97. The Morgan fingerprint density at radius 1 is 1.25 bits per heavy atom. The van der Waals surface area contributed by atoms with Crippen molar-refractivity contribution in [2.75, 3.05) is 26.8 Å². The van der Waals surface area contributed by atoms with Crippen LogP contribution in [0.5, 0.6) is 0 Å². The Morgan fingerprint density at radius 3 is 2.79 bits per heavy atom. The van der Waals surface area contributed by atoms with Crippen LogP contribution in [0.15, 0.2) is 46.0 Å². The van der Waals surface area contributed by atoms with Crippen LogP contribution in [0.1, 0.15) is 16.9 Å². The van der Waals surface area contributed by atoms with E-state index in [9.17, 15) is 4.39 Å². The van der Waals surface area contributed by atoms with Gasteiger partial charge in [0.1, 0.15) is 11.6 Å². The molecule has 0 atom stereocenters. The molecule has 0 amide bonds. The summed E-state index contributed by atoms with van der Waals surface area (Å²) in [5.41, 5.74) is 1.47. The third-order valence-electron chi connectivity index (χ3n) is 3.50. The number of hydrogen-bond donors (Lipinski definition) is 2. The molecule has 6 heteroatoms. The second-order valence-corrected chi connectivity index (χ2v) is 5.42. The molecule has 1 aromatic carbocycles. The predicted molar refractivity (Wildman–Crippen MR) is 92.6 cm³/mol. The first-order chi connectivity index (χ1) is 11.7. The zero-order valence-corrected chi connectivity index (χ0v) is 14.1. The molecule has 1 aromatic heterocycles. The lowest BCUT2D eigenvalue weighted by Crippen LogP contribution is -2.40. The van der Waals surface area contributed by atoms with E-state index >= 15 is 0 Å². The van der Waals surface area contributed by atoms with Gasteiger partial charge in [0, 0.05) is 26.6 Å². The van der Waals surface area contributed by atoms with Gasteiger partial charge in [-0.3, -0.25) is 0 Å². The molecule has 2 N–H and O–H groups in total. The molecule has 0 aliphatic carbocycles. The molecule has 0 saturated carbocycles. The maximum absolute atomic E-state index is 13.6.